The van der Waals surface area contributed by atoms with Crippen LogP contribution in [0.3, 0.4) is 0 Å². The van der Waals surface area contributed by atoms with Crippen LogP contribution < -0.4 is 5.32 Å². The summed E-state index contributed by atoms with van der Waals surface area (Å²) in [4.78, 5) is 38.3. The van der Waals surface area contributed by atoms with E-state index in [9.17, 15) is 14.4 Å². The number of rotatable bonds is 10. The van der Waals surface area contributed by atoms with Gasteiger partial charge in [0.15, 0.2) is 0 Å². The first-order chi connectivity index (χ1) is 10.1. The SMILES string of the molecule is COCCOCCOCCNC(=O)ON1C(=O)CCC1=O. The van der Waals surface area contributed by atoms with Crippen LogP contribution in [-0.4, -0.2) is 69.7 Å². The Bertz CT molecular complexity index is 346. The molecule has 1 aliphatic heterocycles. The van der Waals surface area contributed by atoms with Crippen LogP contribution in [0.1, 0.15) is 12.8 Å². The number of carbonyl (C=O) groups is 3. The van der Waals surface area contributed by atoms with Gasteiger partial charge in [-0.15, -0.1) is 5.06 Å². The summed E-state index contributed by atoms with van der Waals surface area (Å²) in [7, 11) is 1.59. The van der Waals surface area contributed by atoms with E-state index in [1.807, 2.05) is 0 Å². The molecule has 1 aliphatic rings. The Balaban J connectivity index is 1.96. The molecule has 0 saturated carbocycles. The summed E-state index contributed by atoms with van der Waals surface area (Å²) in [6.45, 7) is 2.33. The highest BCUT2D eigenvalue weighted by Gasteiger charge is 2.32. The molecule has 1 saturated heterocycles. The second kappa shape index (κ2) is 10.1. The highest BCUT2D eigenvalue weighted by Crippen LogP contribution is 2.11. The molecule has 0 radical (unpaired) electrons. The summed E-state index contributed by atoms with van der Waals surface area (Å²) in [5, 5.41) is 2.85. The van der Waals surface area contributed by atoms with Gasteiger partial charge in [-0.2, -0.15) is 0 Å². The summed E-state index contributed by atoms with van der Waals surface area (Å²) < 4.78 is 15.2. The molecule has 1 fully saturated rings. The number of ether oxygens (including phenoxy) is 3. The molecule has 0 aliphatic carbocycles. The second-order valence-electron chi connectivity index (χ2n) is 4.10. The normalized spacial score (nSPS) is 14.6. The fraction of sp³-hybridized carbons (Fsp3) is 0.750. The molecule has 0 atom stereocenters. The van der Waals surface area contributed by atoms with Gasteiger partial charge in [0.2, 0.25) is 0 Å². The molecule has 1 N–H and O–H groups in total. The molecule has 1 heterocycles. The zero-order valence-corrected chi connectivity index (χ0v) is 12.0. The molecule has 9 heteroatoms. The fourth-order valence-electron chi connectivity index (χ4n) is 1.46. The van der Waals surface area contributed by atoms with Crippen molar-refractivity contribution in [3.8, 4) is 0 Å². The lowest BCUT2D eigenvalue weighted by molar-refractivity contribution is -0.171. The van der Waals surface area contributed by atoms with Crippen molar-refractivity contribution < 1.29 is 33.4 Å². The van der Waals surface area contributed by atoms with Crippen LogP contribution in [0.4, 0.5) is 4.79 Å². The van der Waals surface area contributed by atoms with Crippen LogP contribution in [0.5, 0.6) is 0 Å². The van der Waals surface area contributed by atoms with Gasteiger partial charge in [0.05, 0.1) is 33.0 Å². The van der Waals surface area contributed by atoms with Gasteiger partial charge < -0.3 is 24.4 Å². The van der Waals surface area contributed by atoms with Crippen molar-refractivity contribution in [1.29, 1.82) is 0 Å². The predicted octanol–water partition coefficient (Wildman–Crippen LogP) is -0.544. The Kier molecular flexibility index (Phi) is 8.32. The lowest BCUT2D eigenvalue weighted by Gasteiger charge is -2.13. The fourth-order valence-corrected chi connectivity index (χ4v) is 1.46. The molecule has 0 aromatic heterocycles. The molecule has 0 aromatic rings. The third-order valence-corrected chi connectivity index (χ3v) is 2.50. The number of hydrogen-bond donors (Lipinski definition) is 1. The largest absolute Gasteiger partial charge is 0.432 e. The van der Waals surface area contributed by atoms with Crippen molar-refractivity contribution in [2.45, 2.75) is 12.8 Å². The summed E-state index contributed by atoms with van der Waals surface area (Å²) in [5.41, 5.74) is 0. The number of carbonyl (C=O) groups excluding carboxylic acids is 3. The van der Waals surface area contributed by atoms with E-state index < -0.39 is 17.9 Å². The van der Waals surface area contributed by atoms with Crippen LogP contribution in [0.2, 0.25) is 0 Å². The first-order valence-electron chi connectivity index (χ1n) is 6.61. The number of hydrogen-bond acceptors (Lipinski definition) is 7. The topological polar surface area (TPSA) is 103 Å². The molecule has 1 rings (SSSR count). The first-order valence-corrected chi connectivity index (χ1v) is 6.61. The van der Waals surface area contributed by atoms with Crippen molar-refractivity contribution in [2.75, 3.05) is 46.7 Å². The summed E-state index contributed by atoms with van der Waals surface area (Å²) in [5.74, 6) is -1.03. The minimum atomic E-state index is -0.862. The van der Waals surface area contributed by atoms with E-state index in [1.54, 1.807) is 7.11 Å². The summed E-state index contributed by atoms with van der Waals surface area (Å²) in [6, 6.07) is 0. The van der Waals surface area contributed by atoms with E-state index in [-0.39, 0.29) is 26.0 Å². The van der Waals surface area contributed by atoms with Gasteiger partial charge in [0.1, 0.15) is 0 Å². The van der Waals surface area contributed by atoms with E-state index in [0.29, 0.717) is 31.5 Å². The lowest BCUT2D eigenvalue weighted by Crippen LogP contribution is -2.38. The Morgan fingerprint density at radius 2 is 1.62 bits per heavy atom. The first kappa shape index (κ1) is 17.3. The predicted molar refractivity (Wildman–Crippen MR) is 69.1 cm³/mol. The number of nitrogens with one attached hydrogen (secondary N) is 1. The molecule has 0 spiro atoms. The van der Waals surface area contributed by atoms with E-state index in [4.69, 9.17) is 14.2 Å². The van der Waals surface area contributed by atoms with Crippen molar-refractivity contribution in [3.05, 3.63) is 0 Å². The molecular weight excluding hydrogens is 284 g/mol. The van der Waals surface area contributed by atoms with Gasteiger partial charge >= 0.3 is 6.09 Å². The highest BCUT2D eigenvalue weighted by atomic mass is 16.7. The molecule has 0 unspecified atom stereocenters. The Hall–Kier alpha value is -1.71. The van der Waals surface area contributed by atoms with Crippen LogP contribution >= 0.6 is 0 Å². The van der Waals surface area contributed by atoms with Gasteiger partial charge in [-0.1, -0.05) is 0 Å². The van der Waals surface area contributed by atoms with Crippen LogP contribution in [0, 0.1) is 0 Å². The van der Waals surface area contributed by atoms with E-state index in [1.165, 1.54) is 0 Å². The lowest BCUT2D eigenvalue weighted by atomic mass is 10.4. The number of methoxy groups -OCH3 is 1. The van der Waals surface area contributed by atoms with Gasteiger partial charge in [-0.3, -0.25) is 9.59 Å². The van der Waals surface area contributed by atoms with Gasteiger partial charge in [-0.05, 0) is 0 Å². The third kappa shape index (κ3) is 7.02. The van der Waals surface area contributed by atoms with E-state index in [0.717, 1.165) is 0 Å². The van der Waals surface area contributed by atoms with Crippen LogP contribution in [0.25, 0.3) is 0 Å². The van der Waals surface area contributed by atoms with Crippen molar-refractivity contribution >= 4 is 17.9 Å². The van der Waals surface area contributed by atoms with Crippen LogP contribution in [-0.2, 0) is 28.6 Å². The second-order valence-corrected chi connectivity index (χ2v) is 4.10. The molecule has 0 bridgehead atoms. The number of nitrogens with zero attached hydrogens (tertiary/aromatic N) is 1. The van der Waals surface area contributed by atoms with Crippen molar-refractivity contribution in [2.24, 2.45) is 0 Å². The van der Waals surface area contributed by atoms with Gasteiger partial charge in [0.25, 0.3) is 11.8 Å². The Labute approximate surface area is 122 Å². The highest BCUT2D eigenvalue weighted by molar-refractivity contribution is 6.01. The average Bonchev–Trinajstić information content (AvgIpc) is 2.77. The maximum atomic E-state index is 11.3. The van der Waals surface area contributed by atoms with Crippen LogP contribution in [0.15, 0.2) is 0 Å². The summed E-state index contributed by atoms with van der Waals surface area (Å²) in [6.07, 6.45) is -0.727. The molecule has 3 amide bonds. The van der Waals surface area contributed by atoms with Gasteiger partial charge in [0, 0.05) is 26.5 Å². The smallest absolute Gasteiger partial charge is 0.382 e. The maximum Gasteiger partial charge on any atom is 0.432 e. The molecule has 9 nitrogen and oxygen atoms in total. The average molecular weight is 304 g/mol. The zero-order valence-electron chi connectivity index (χ0n) is 12.0. The maximum absolute atomic E-state index is 11.3. The summed E-state index contributed by atoms with van der Waals surface area (Å²) >= 11 is 0. The molecule has 0 aromatic carbocycles. The number of imide groups is 1. The Morgan fingerprint density at radius 3 is 2.24 bits per heavy atom. The standard InChI is InChI=1S/C12H20N2O7/c1-18-6-7-20-9-8-19-5-4-13-12(17)21-14-10(15)2-3-11(14)16/h2-9H2,1H3,(H,13,17). The Morgan fingerprint density at radius 1 is 1.05 bits per heavy atom. The minimum Gasteiger partial charge on any atom is -0.382 e. The quantitative estimate of drug-likeness (QED) is 0.427. The zero-order chi connectivity index (χ0) is 15.5. The third-order valence-electron chi connectivity index (χ3n) is 2.50. The molecule has 120 valence electrons. The van der Waals surface area contributed by atoms with E-state index in [2.05, 4.69) is 10.2 Å². The molecule has 21 heavy (non-hydrogen) atoms. The van der Waals surface area contributed by atoms with E-state index >= 15 is 0 Å². The van der Waals surface area contributed by atoms with Gasteiger partial charge in [-0.25, -0.2) is 4.79 Å². The number of amides is 3. The molecular formula is C12H20N2O7. The minimum absolute atomic E-state index is 0.0678. The van der Waals surface area contributed by atoms with Crippen molar-refractivity contribution in [1.82, 2.24) is 10.4 Å². The van der Waals surface area contributed by atoms with Crippen molar-refractivity contribution in [3.63, 3.8) is 0 Å². The monoisotopic (exact) mass is 304 g/mol. The number of hydroxylamine groups is 2.